The highest BCUT2D eigenvalue weighted by molar-refractivity contribution is 14.1. The van der Waals surface area contributed by atoms with Crippen molar-refractivity contribution in [2.45, 2.75) is 12.8 Å². The van der Waals surface area contributed by atoms with Gasteiger partial charge >= 0.3 is 0 Å². The van der Waals surface area contributed by atoms with Crippen molar-refractivity contribution in [1.29, 1.82) is 0 Å². The fourth-order valence-corrected chi connectivity index (χ4v) is 1.92. The van der Waals surface area contributed by atoms with Gasteiger partial charge in [-0.15, -0.1) is 0 Å². The number of carbonyl (C=O) groups is 1. The van der Waals surface area contributed by atoms with Crippen LogP contribution >= 0.6 is 22.6 Å². The van der Waals surface area contributed by atoms with E-state index in [9.17, 15) is 14.9 Å². The third-order valence-corrected chi connectivity index (χ3v) is 3.22. The molecule has 0 saturated carbocycles. The highest BCUT2D eigenvalue weighted by Gasteiger charge is 2.14. The first kappa shape index (κ1) is 14.8. The summed E-state index contributed by atoms with van der Waals surface area (Å²) in [5.74, 6) is -0.332. The van der Waals surface area contributed by atoms with Crippen LogP contribution in [0.25, 0.3) is 0 Å². The lowest BCUT2D eigenvalue weighted by Gasteiger charge is -2.06. The molecule has 0 saturated heterocycles. The molecule has 7 heteroatoms. The maximum absolute atomic E-state index is 11.8. The van der Waals surface area contributed by atoms with Gasteiger partial charge in [0.2, 0.25) is 0 Å². The number of aliphatic hydroxyl groups is 1. The van der Waals surface area contributed by atoms with E-state index in [0.717, 1.165) is 0 Å². The van der Waals surface area contributed by atoms with Crippen molar-refractivity contribution in [3.05, 3.63) is 37.4 Å². The number of nitro groups is 1. The Balaban J connectivity index is 2.72. The van der Waals surface area contributed by atoms with Gasteiger partial charge in [0, 0.05) is 28.9 Å². The average molecular weight is 364 g/mol. The molecule has 0 radical (unpaired) electrons. The van der Waals surface area contributed by atoms with Crippen LogP contribution in [0, 0.1) is 13.7 Å². The quantitative estimate of drug-likeness (QED) is 0.348. The molecule has 0 heterocycles. The van der Waals surface area contributed by atoms with Crippen LogP contribution in [0.15, 0.2) is 18.2 Å². The molecule has 0 fully saturated rings. The van der Waals surface area contributed by atoms with E-state index in [1.54, 1.807) is 6.07 Å². The highest BCUT2D eigenvalue weighted by Crippen LogP contribution is 2.19. The maximum Gasteiger partial charge on any atom is 0.270 e. The molecule has 0 atom stereocenters. The van der Waals surface area contributed by atoms with Crippen LogP contribution in [0.5, 0.6) is 0 Å². The molecule has 0 unspecified atom stereocenters. The van der Waals surface area contributed by atoms with Crippen LogP contribution in [-0.4, -0.2) is 29.1 Å². The lowest BCUT2D eigenvalue weighted by molar-refractivity contribution is -0.384. The number of non-ortho nitro benzene ring substituents is 1. The van der Waals surface area contributed by atoms with Crippen molar-refractivity contribution in [2.24, 2.45) is 0 Å². The third-order valence-electron chi connectivity index (χ3n) is 2.28. The number of hydrogen-bond donors (Lipinski definition) is 2. The topological polar surface area (TPSA) is 92.5 Å². The Morgan fingerprint density at radius 3 is 2.78 bits per heavy atom. The van der Waals surface area contributed by atoms with E-state index in [4.69, 9.17) is 5.11 Å². The van der Waals surface area contributed by atoms with Crippen molar-refractivity contribution in [1.82, 2.24) is 5.32 Å². The van der Waals surface area contributed by atoms with E-state index in [1.165, 1.54) is 12.1 Å². The number of nitro benzene ring substituents is 1. The van der Waals surface area contributed by atoms with Gasteiger partial charge in [-0.2, -0.15) is 0 Å². The minimum absolute atomic E-state index is 0.0875. The summed E-state index contributed by atoms with van der Waals surface area (Å²) in [6, 6.07) is 4.18. The summed E-state index contributed by atoms with van der Waals surface area (Å²) in [4.78, 5) is 21.9. The Morgan fingerprint density at radius 2 is 2.17 bits per heavy atom. The summed E-state index contributed by atoms with van der Waals surface area (Å²) >= 11 is 1.96. The van der Waals surface area contributed by atoms with E-state index < -0.39 is 4.92 Å². The number of aliphatic hydroxyl groups excluding tert-OH is 1. The maximum atomic E-state index is 11.8. The number of carbonyl (C=O) groups excluding carboxylic acids is 1. The number of nitrogens with zero attached hydrogens (tertiary/aromatic N) is 1. The Labute approximate surface area is 118 Å². The number of nitrogens with one attached hydrogen (secondary N) is 1. The summed E-state index contributed by atoms with van der Waals surface area (Å²) in [5.41, 5.74) is 0.199. The van der Waals surface area contributed by atoms with E-state index in [1.807, 2.05) is 22.6 Å². The van der Waals surface area contributed by atoms with Crippen molar-refractivity contribution < 1.29 is 14.8 Å². The fourth-order valence-electron chi connectivity index (χ4n) is 1.33. The molecule has 0 aliphatic carbocycles. The van der Waals surface area contributed by atoms with E-state index in [-0.39, 0.29) is 18.2 Å². The number of halogens is 1. The number of hydrogen-bond acceptors (Lipinski definition) is 4. The second-order valence-corrected chi connectivity index (χ2v) is 4.77. The lowest BCUT2D eigenvalue weighted by Crippen LogP contribution is -2.25. The molecular weight excluding hydrogens is 351 g/mol. The Morgan fingerprint density at radius 1 is 1.44 bits per heavy atom. The first-order valence-electron chi connectivity index (χ1n) is 5.39. The normalized spacial score (nSPS) is 10.1. The first-order valence-corrected chi connectivity index (χ1v) is 6.47. The van der Waals surface area contributed by atoms with Gasteiger partial charge in [0.1, 0.15) is 0 Å². The minimum atomic E-state index is -0.529. The predicted octanol–water partition coefficient (Wildman–Crippen LogP) is 1.70. The third kappa shape index (κ3) is 4.22. The molecule has 18 heavy (non-hydrogen) atoms. The van der Waals surface area contributed by atoms with Crippen LogP contribution in [-0.2, 0) is 0 Å². The van der Waals surface area contributed by atoms with Crippen molar-refractivity contribution in [3.8, 4) is 0 Å². The smallest absolute Gasteiger partial charge is 0.270 e. The predicted molar refractivity (Wildman–Crippen MR) is 74.5 cm³/mol. The summed E-state index contributed by atoms with van der Waals surface area (Å²) in [7, 11) is 0. The van der Waals surface area contributed by atoms with Gasteiger partial charge in [-0.25, -0.2) is 0 Å². The molecule has 1 rings (SSSR count). The van der Waals surface area contributed by atoms with Gasteiger partial charge in [-0.05, 0) is 41.5 Å². The van der Waals surface area contributed by atoms with Crippen molar-refractivity contribution >= 4 is 34.2 Å². The zero-order valence-corrected chi connectivity index (χ0v) is 11.7. The Hall–Kier alpha value is -1.22. The van der Waals surface area contributed by atoms with E-state index >= 15 is 0 Å². The van der Waals surface area contributed by atoms with Crippen LogP contribution in [0.3, 0.4) is 0 Å². The molecular formula is C11H13IN2O4. The van der Waals surface area contributed by atoms with Gasteiger partial charge in [0.05, 0.1) is 10.5 Å². The monoisotopic (exact) mass is 364 g/mol. The molecule has 1 aromatic carbocycles. The van der Waals surface area contributed by atoms with Gasteiger partial charge in [-0.1, -0.05) is 0 Å². The van der Waals surface area contributed by atoms with Gasteiger partial charge in [0.25, 0.3) is 11.6 Å². The fraction of sp³-hybridized carbons (Fsp3) is 0.364. The summed E-state index contributed by atoms with van der Waals surface area (Å²) < 4.78 is 0.665. The Kier molecular flexibility index (Phi) is 5.99. The van der Waals surface area contributed by atoms with E-state index in [2.05, 4.69) is 5.32 Å². The average Bonchev–Trinajstić information content (AvgIpc) is 2.34. The number of unbranched alkanes of at least 4 members (excludes halogenated alkanes) is 1. The van der Waals surface area contributed by atoms with Crippen molar-refractivity contribution in [3.63, 3.8) is 0 Å². The number of rotatable bonds is 6. The molecule has 0 bridgehead atoms. The van der Waals surface area contributed by atoms with Crippen LogP contribution in [0.2, 0.25) is 0 Å². The van der Waals surface area contributed by atoms with Crippen LogP contribution < -0.4 is 5.32 Å². The first-order chi connectivity index (χ1) is 8.56. The summed E-state index contributed by atoms with van der Waals surface area (Å²) in [6.07, 6.45) is 1.29. The van der Waals surface area contributed by atoms with Gasteiger partial charge < -0.3 is 10.4 Å². The minimum Gasteiger partial charge on any atom is -0.396 e. The largest absolute Gasteiger partial charge is 0.396 e. The second-order valence-electron chi connectivity index (χ2n) is 3.61. The molecule has 2 N–H and O–H groups in total. The summed E-state index contributed by atoms with van der Waals surface area (Å²) in [5, 5.41) is 21.9. The zero-order valence-electron chi connectivity index (χ0n) is 9.56. The zero-order chi connectivity index (χ0) is 13.5. The SMILES string of the molecule is O=C(NCCCCO)c1cc([N+](=O)[O-])ccc1I. The lowest BCUT2D eigenvalue weighted by atomic mass is 10.2. The highest BCUT2D eigenvalue weighted by atomic mass is 127. The van der Waals surface area contributed by atoms with Crippen LogP contribution in [0.1, 0.15) is 23.2 Å². The second kappa shape index (κ2) is 7.27. The molecule has 1 amide bonds. The summed E-state index contributed by atoms with van der Waals surface area (Å²) in [6.45, 7) is 0.530. The number of benzene rings is 1. The molecule has 1 aromatic rings. The van der Waals surface area contributed by atoms with Crippen LogP contribution in [0.4, 0.5) is 5.69 Å². The van der Waals surface area contributed by atoms with Gasteiger partial charge in [0.15, 0.2) is 0 Å². The number of amides is 1. The van der Waals surface area contributed by atoms with E-state index in [0.29, 0.717) is 28.5 Å². The molecule has 0 spiro atoms. The van der Waals surface area contributed by atoms with Gasteiger partial charge in [-0.3, -0.25) is 14.9 Å². The molecule has 98 valence electrons. The van der Waals surface area contributed by atoms with Crippen molar-refractivity contribution in [2.75, 3.05) is 13.2 Å². The standard InChI is InChI=1S/C11H13IN2O4/c12-10-4-3-8(14(17)18)7-9(10)11(16)13-5-1-2-6-15/h3-4,7,15H,1-2,5-6H2,(H,13,16). The molecule has 6 nitrogen and oxygen atoms in total. The Bertz CT molecular complexity index is 451. The molecule has 0 aliphatic rings. The molecule has 0 aliphatic heterocycles. The molecule has 0 aromatic heterocycles.